The molecule has 0 N–H and O–H groups in total. The number of furan rings is 1. The maximum Gasteiger partial charge on any atom is 0.276 e. The van der Waals surface area contributed by atoms with E-state index in [1.165, 1.54) is 37.4 Å². The fourth-order valence-corrected chi connectivity index (χ4v) is 2.74. The Labute approximate surface area is 115 Å². The number of halogens is 1. The number of rotatable bonds is 5. The third kappa shape index (κ3) is 2.94. The van der Waals surface area contributed by atoms with Crippen molar-refractivity contribution in [1.29, 1.82) is 0 Å². The molecule has 0 bridgehead atoms. The first-order valence-corrected chi connectivity index (χ1v) is 7.13. The molecule has 2 aromatic rings. The third-order valence-electron chi connectivity index (χ3n) is 2.68. The van der Waals surface area contributed by atoms with Crippen LogP contribution in [-0.4, -0.2) is 26.1 Å². The zero-order chi connectivity index (χ0) is 14.8. The second-order valence-corrected chi connectivity index (χ2v) is 6.14. The Bertz CT molecular complexity index is 723. The van der Waals surface area contributed by atoms with Gasteiger partial charge in [0.25, 0.3) is 10.0 Å². The van der Waals surface area contributed by atoms with Gasteiger partial charge < -0.3 is 4.42 Å². The van der Waals surface area contributed by atoms with Gasteiger partial charge in [0, 0.05) is 13.6 Å². The van der Waals surface area contributed by atoms with Crippen molar-refractivity contribution in [3.63, 3.8) is 0 Å². The molecule has 0 aliphatic rings. The largest absolute Gasteiger partial charge is 0.440 e. The van der Waals surface area contributed by atoms with Crippen LogP contribution in [0.4, 0.5) is 4.39 Å². The van der Waals surface area contributed by atoms with Crippen LogP contribution in [0.1, 0.15) is 16.1 Å². The lowest BCUT2D eigenvalue weighted by atomic mass is 10.2. The molecule has 0 saturated carbocycles. The highest BCUT2D eigenvalue weighted by Gasteiger charge is 2.24. The van der Waals surface area contributed by atoms with Gasteiger partial charge in [-0.05, 0) is 29.8 Å². The summed E-state index contributed by atoms with van der Waals surface area (Å²) in [5, 5.41) is -0.321. The lowest BCUT2D eigenvalue weighted by Crippen LogP contribution is -2.26. The van der Waals surface area contributed by atoms with E-state index >= 15 is 0 Å². The first kappa shape index (κ1) is 14.4. The van der Waals surface area contributed by atoms with Gasteiger partial charge in [-0.3, -0.25) is 4.79 Å². The second-order valence-electron chi connectivity index (χ2n) is 4.17. The van der Waals surface area contributed by atoms with Gasteiger partial charge in [-0.15, -0.1) is 0 Å². The fourth-order valence-electron chi connectivity index (χ4n) is 1.67. The van der Waals surface area contributed by atoms with E-state index in [1.807, 2.05) is 0 Å². The summed E-state index contributed by atoms with van der Waals surface area (Å²) in [6.45, 7) is -0.00276. The average molecular weight is 297 g/mol. The molecule has 0 atom stereocenters. The van der Waals surface area contributed by atoms with E-state index in [0.29, 0.717) is 11.8 Å². The standard InChI is InChI=1S/C13H12FNO4S/c1-15(8-10-3-2-4-11(14)7-10)20(17,18)13-6-5-12(9-16)19-13/h2-7,9H,8H2,1H3. The van der Waals surface area contributed by atoms with Gasteiger partial charge in [-0.2, -0.15) is 4.31 Å². The molecule has 0 amide bonds. The molecule has 1 aromatic heterocycles. The lowest BCUT2D eigenvalue weighted by Gasteiger charge is -2.15. The van der Waals surface area contributed by atoms with Crippen LogP contribution in [0.25, 0.3) is 0 Å². The minimum atomic E-state index is -3.85. The van der Waals surface area contributed by atoms with Crippen molar-refractivity contribution in [2.45, 2.75) is 11.6 Å². The van der Waals surface area contributed by atoms with Crippen LogP contribution in [0.3, 0.4) is 0 Å². The van der Waals surface area contributed by atoms with Crippen molar-refractivity contribution in [3.8, 4) is 0 Å². The van der Waals surface area contributed by atoms with E-state index in [4.69, 9.17) is 4.42 Å². The molecule has 0 unspecified atom stereocenters. The minimum Gasteiger partial charge on any atom is -0.440 e. The van der Waals surface area contributed by atoms with E-state index < -0.39 is 15.8 Å². The zero-order valence-electron chi connectivity index (χ0n) is 10.6. The molecule has 0 saturated heterocycles. The van der Waals surface area contributed by atoms with Gasteiger partial charge in [0.05, 0.1) is 0 Å². The van der Waals surface area contributed by atoms with E-state index in [2.05, 4.69) is 0 Å². The first-order valence-electron chi connectivity index (χ1n) is 5.69. The van der Waals surface area contributed by atoms with Gasteiger partial charge in [-0.1, -0.05) is 12.1 Å². The summed E-state index contributed by atoms with van der Waals surface area (Å²) in [6.07, 6.45) is 0.422. The number of nitrogens with zero attached hydrogens (tertiary/aromatic N) is 1. The molecule has 0 fully saturated rings. The van der Waals surface area contributed by atoms with Crippen LogP contribution in [-0.2, 0) is 16.6 Å². The summed E-state index contributed by atoms with van der Waals surface area (Å²) in [6, 6.07) is 8.14. The Hall–Kier alpha value is -1.99. The van der Waals surface area contributed by atoms with Crippen molar-refractivity contribution in [2.75, 3.05) is 7.05 Å². The smallest absolute Gasteiger partial charge is 0.276 e. The predicted molar refractivity (Wildman–Crippen MR) is 69.1 cm³/mol. The van der Waals surface area contributed by atoms with Crippen molar-refractivity contribution in [3.05, 3.63) is 53.5 Å². The van der Waals surface area contributed by atoms with Gasteiger partial charge in [0.1, 0.15) is 5.82 Å². The summed E-state index contributed by atoms with van der Waals surface area (Å²) in [4.78, 5) is 10.5. The van der Waals surface area contributed by atoms with Gasteiger partial charge >= 0.3 is 0 Å². The van der Waals surface area contributed by atoms with Crippen LogP contribution in [0.2, 0.25) is 0 Å². The topological polar surface area (TPSA) is 67.6 Å². The van der Waals surface area contributed by atoms with Crippen LogP contribution >= 0.6 is 0 Å². The number of hydrogen-bond donors (Lipinski definition) is 0. The Morgan fingerprint density at radius 2 is 2.05 bits per heavy atom. The normalized spacial score (nSPS) is 11.8. The highest BCUT2D eigenvalue weighted by Crippen LogP contribution is 2.19. The zero-order valence-corrected chi connectivity index (χ0v) is 11.4. The molecule has 0 spiro atoms. The highest BCUT2D eigenvalue weighted by molar-refractivity contribution is 7.88. The fraction of sp³-hybridized carbons (Fsp3) is 0.154. The van der Waals surface area contributed by atoms with Crippen molar-refractivity contribution >= 4 is 16.3 Å². The molecular formula is C13H12FNO4S. The molecule has 20 heavy (non-hydrogen) atoms. The van der Waals surface area contributed by atoms with Crippen LogP contribution in [0.5, 0.6) is 0 Å². The summed E-state index contributed by atoms with van der Waals surface area (Å²) >= 11 is 0. The second kappa shape index (κ2) is 5.56. The summed E-state index contributed by atoms with van der Waals surface area (Å²) < 4.78 is 43.3. The van der Waals surface area contributed by atoms with Gasteiger partial charge in [0.2, 0.25) is 5.09 Å². The molecule has 0 aliphatic carbocycles. The summed E-state index contributed by atoms with van der Waals surface area (Å²) in [5.74, 6) is -0.503. The van der Waals surface area contributed by atoms with Gasteiger partial charge in [0.15, 0.2) is 12.0 Å². The number of aldehydes is 1. The van der Waals surface area contributed by atoms with Crippen molar-refractivity contribution in [2.24, 2.45) is 0 Å². The Kier molecular flexibility index (Phi) is 4.01. The summed E-state index contributed by atoms with van der Waals surface area (Å²) in [7, 11) is -2.50. The molecule has 7 heteroatoms. The molecule has 0 aliphatic heterocycles. The maximum absolute atomic E-state index is 13.1. The van der Waals surface area contributed by atoms with E-state index in [9.17, 15) is 17.6 Å². The SMILES string of the molecule is CN(Cc1cccc(F)c1)S(=O)(=O)c1ccc(C=O)o1. The Morgan fingerprint density at radius 3 is 2.65 bits per heavy atom. The minimum absolute atomic E-state index is 0.00276. The lowest BCUT2D eigenvalue weighted by molar-refractivity contribution is 0.109. The maximum atomic E-state index is 13.1. The molecule has 1 heterocycles. The number of benzene rings is 1. The van der Waals surface area contributed by atoms with Crippen LogP contribution < -0.4 is 0 Å². The Balaban J connectivity index is 2.23. The Morgan fingerprint density at radius 1 is 1.30 bits per heavy atom. The van der Waals surface area contributed by atoms with Crippen molar-refractivity contribution in [1.82, 2.24) is 4.31 Å². The predicted octanol–water partition coefficient (Wildman–Crippen LogP) is 2.05. The average Bonchev–Trinajstić information content (AvgIpc) is 2.88. The molecule has 1 aromatic carbocycles. The van der Waals surface area contributed by atoms with Crippen LogP contribution in [0.15, 0.2) is 45.9 Å². The van der Waals surface area contributed by atoms with E-state index in [1.54, 1.807) is 6.07 Å². The van der Waals surface area contributed by atoms with Crippen molar-refractivity contribution < 1.29 is 22.0 Å². The molecular weight excluding hydrogens is 285 g/mol. The van der Waals surface area contributed by atoms with Gasteiger partial charge in [-0.25, -0.2) is 12.8 Å². The third-order valence-corrected chi connectivity index (χ3v) is 4.35. The number of carbonyl (C=O) groups excluding carboxylic acids is 1. The van der Waals surface area contributed by atoms with E-state index in [-0.39, 0.29) is 17.4 Å². The summed E-state index contributed by atoms with van der Waals surface area (Å²) in [5.41, 5.74) is 0.512. The highest BCUT2D eigenvalue weighted by atomic mass is 32.2. The molecule has 0 radical (unpaired) electrons. The number of sulfonamides is 1. The quantitative estimate of drug-likeness (QED) is 0.792. The molecule has 5 nitrogen and oxygen atoms in total. The van der Waals surface area contributed by atoms with Crippen LogP contribution in [0, 0.1) is 5.82 Å². The number of hydrogen-bond acceptors (Lipinski definition) is 4. The van der Waals surface area contributed by atoms with E-state index in [0.717, 1.165) is 4.31 Å². The first-order chi connectivity index (χ1) is 9.43. The molecule has 2 rings (SSSR count). The monoisotopic (exact) mass is 297 g/mol. The number of carbonyl (C=O) groups is 1. The molecule has 106 valence electrons.